The highest BCUT2D eigenvalue weighted by Gasteiger charge is 2.37. The van der Waals surface area contributed by atoms with Gasteiger partial charge in [0, 0.05) is 12.8 Å². The molecule has 0 aliphatic heterocycles. The Balaban J connectivity index is 1.63. The van der Waals surface area contributed by atoms with Gasteiger partial charge in [-0.05, 0) is 47.1 Å². The smallest absolute Gasteiger partial charge is 0.206 e. The van der Waals surface area contributed by atoms with Crippen molar-refractivity contribution in [1.82, 2.24) is 0 Å². The summed E-state index contributed by atoms with van der Waals surface area (Å²) < 4.78 is 26.9. The Bertz CT molecular complexity index is 690. The Labute approximate surface area is 130 Å². The predicted octanol–water partition coefficient (Wildman–Crippen LogP) is 5.66. The molecule has 0 spiro atoms. The summed E-state index contributed by atoms with van der Waals surface area (Å²) in [5, 5.41) is 0. The van der Waals surface area contributed by atoms with Gasteiger partial charge in [-0.25, -0.2) is 8.78 Å². The molecule has 1 aromatic rings. The number of rotatable bonds is 5. The largest absolute Gasteiger partial charge is 0.256 e. The minimum atomic E-state index is -2.58. The molecule has 0 saturated heterocycles. The Kier molecular flexibility index (Phi) is 3.86. The van der Waals surface area contributed by atoms with Crippen LogP contribution in [0.5, 0.6) is 0 Å². The van der Waals surface area contributed by atoms with Gasteiger partial charge in [-0.1, -0.05) is 55.2 Å². The molecule has 0 amide bonds. The number of fused-ring (bicyclic) bond motifs is 1. The summed E-state index contributed by atoms with van der Waals surface area (Å²) in [4.78, 5) is 0. The highest BCUT2D eigenvalue weighted by atomic mass is 19.3. The molecule has 0 aromatic heterocycles. The molecule has 2 heteroatoms. The van der Waals surface area contributed by atoms with Crippen molar-refractivity contribution in [2.45, 2.75) is 38.0 Å². The molecular formula is C20H20F2. The van der Waals surface area contributed by atoms with E-state index < -0.39 is 5.92 Å². The van der Waals surface area contributed by atoms with Crippen molar-refractivity contribution in [2.75, 3.05) is 0 Å². The average Bonchev–Trinajstić information content (AvgIpc) is 3.08. The van der Waals surface area contributed by atoms with Crippen LogP contribution in [0.15, 0.2) is 60.7 Å². The molecule has 3 rings (SSSR count). The van der Waals surface area contributed by atoms with Gasteiger partial charge in [-0.3, -0.25) is 0 Å². The summed E-state index contributed by atoms with van der Waals surface area (Å²) in [6.45, 7) is 8.25. The van der Waals surface area contributed by atoms with Gasteiger partial charge in [-0.15, -0.1) is 0 Å². The third kappa shape index (κ3) is 3.11. The Morgan fingerprint density at radius 3 is 2.50 bits per heavy atom. The minimum Gasteiger partial charge on any atom is -0.206 e. The van der Waals surface area contributed by atoms with E-state index in [0.717, 1.165) is 47.1 Å². The molecule has 0 radical (unpaired) electrons. The summed E-state index contributed by atoms with van der Waals surface area (Å²) in [5.74, 6) is -2.58. The third-order valence-electron chi connectivity index (χ3n) is 4.47. The van der Waals surface area contributed by atoms with Crippen LogP contribution in [-0.4, -0.2) is 5.92 Å². The molecule has 0 heterocycles. The van der Waals surface area contributed by atoms with E-state index in [9.17, 15) is 8.78 Å². The highest BCUT2D eigenvalue weighted by Crippen LogP contribution is 2.36. The van der Waals surface area contributed by atoms with Crippen LogP contribution in [0.4, 0.5) is 8.78 Å². The first-order valence-corrected chi connectivity index (χ1v) is 7.66. The molecule has 0 nitrogen and oxygen atoms in total. The van der Waals surface area contributed by atoms with Gasteiger partial charge in [0.25, 0.3) is 5.92 Å². The maximum absolute atomic E-state index is 13.5. The second kappa shape index (κ2) is 5.68. The quantitative estimate of drug-likeness (QED) is 0.658. The standard InChI is InChI=1S/C20H20F2/c1-14(16-5-3-4-6-16)7-8-15(2)17-9-10-18-12-20(21,22)13-19(18)11-17/h3-5,9-11H,1-2,6-8,12-13H2. The van der Waals surface area contributed by atoms with Crippen LogP contribution < -0.4 is 0 Å². The predicted molar refractivity (Wildman–Crippen MR) is 88.0 cm³/mol. The first-order chi connectivity index (χ1) is 10.4. The van der Waals surface area contributed by atoms with E-state index in [1.165, 1.54) is 5.57 Å². The van der Waals surface area contributed by atoms with Gasteiger partial charge in [0.05, 0.1) is 0 Å². The lowest BCUT2D eigenvalue weighted by atomic mass is 9.95. The molecule has 0 bridgehead atoms. The fourth-order valence-electron chi connectivity index (χ4n) is 3.12. The minimum absolute atomic E-state index is 0.132. The lowest BCUT2D eigenvalue weighted by molar-refractivity contribution is 0.0130. The molecule has 114 valence electrons. The Morgan fingerprint density at radius 1 is 1.05 bits per heavy atom. The van der Waals surface area contributed by atoms with E-state index >= 15 is 0 Å². The first-order valence-electron chi connectivity index (χ1n) is 7.66. The zero-order valence-corrected chi connectivity index (χ0v) is 12.7. The van der Waals surface area contributed by atoms with Gasteiger partial charge in [0.2, 0.25) is 0 Å². The lowest BCUT2D eigenvalue weighted by Gasteiger charge is -2.10. The number of halogens is 2. The van der Waals surface area contributed by atoms with E-state index in [-0.39, 0.29) is 12.8 Å². The van der Waals surface area contributed by atoms with Crippen LogP contribution in [0.1, 0.15) is 36.0 Å². The molecule has 2 aliphatic carbocycles. The van der Waals surface area contributed by atoms with E-state index in [1.807, 2.05) is 18.2 Å². The summed E-state index contributed by atoms with van der Waals surface area (Å²) in [5.41, 5.74) is 5.92. The molecule has 22 heavy (non-hydrogen) atoms. The molecule has 0 N–H and O–H groups in total. The van der Waals surface area contributed by atoms with Gasteiger partial charge >= 0.3 is 0 Å². The fraction of sp³-hybridized carbons (Fsp3) is 0.300. The molecular weight excluding hydrogens is 278 g/mol. The van der Waals surface area contributed by atoms with Crippen LogP contribution in [0.3, 0.4) is 0 Å². The van der Waals surface area contributed by atoms with E-state index in [1.54, 1.807) is 0 Å². The zero-order valence-electron chi connectivity index (χ0n) is 12.7. The van der Waals surface area contributed by atoms with Gasteiger partial charge in [0.15, 0.2) is 0 Å². The van der Waals surface area contributed by atoms with Crippen LogP contribution in [-0.2, 0) is 12.8 Å². The molecule has 0 atom stereocenters. The van der Waals surface area contributed by atoms with Gasteiger partial charge < -0.3 is 0 Å². The molecule has 1 aromatic carbocycles. The summed E-state index contributed by atoms with van der Waals surface area (Å²) in [6, 6.07) is 5.63. The summed E-state index contributed by atoms with van der Waals surface area (Å²) in [6.07, 6.45) is 8.63. The number of hydrogen-bond donors (Lipinski definition) is 0. The van der Waals surface area contributed by atoms with Crippen molar-refractivity contribution in [3.63, 3.8) is 0 Å². The Morgan fingerprint density at radius 2 is 1.77 bits per heavy atom. The maximum atomic E-state index is 13.5. The zero-order chi connectivity index (χ0) is 15.7. The van der Waals surface area contributed by atoms with Crippen LogP contribution in [0, 0.1) is 0 Å². The topological polar surface area (TPSA) is 0 Å². The van der Waals surface area contributed by atoms with Crippen molar-refractivity contribution >= 4 is 5.57 Å². The number of allylic oxidation sites excluding steroid dienone is 6. The van der Waals surface area contributed by atoms with Crippen molar-refractivity contribution in [2.24, 2.45) is 0 Å². The third-order valence-corrected chi connectivity index (χ3v) is 4.47. The average molecular weight is 298 g/mol. The van der Waals surface area contributed by atoms with Crippen LogP contribution in [0.2, 0.25) is 0 Å². The van der Waals surface area contributed by atoms with Crippen molar-refractivity contribution in [3.05, 3.63) is 77.4 Å². The molecule has 0 saturated carbocycles. The number of benzene rings is 1. The first kappa shape index (κ1) is 15.0. The second-order valence-corrected chi connectivity index (χ2v) is 6.22. The normalized spacial score (nSPS) is 18.2. The highest BCUT2D eigenvalue weighted by molar-refractivity contribution is 5.65. The van der Waals surface area contributed by atoms with Crippen LogP contribution in [0.25, 0.3) is 5.57 Å². The fourth-order valence-corrected chi connectivity index (χ4v) is 3.12. The summed E-state index contributed by atoms with van der Waals surface area (Å²) in [7, 11) is 0. The summed E-state index contributed by atoms with van der Waals surface area (Å²) >= 11 is 0. The van der Waals surface area contributed by atoms with Crippen molar-refractivity contribution in [1.29, 1.82) is 0 Å². The SMILES string of the molecule is C=C(CCC(=C)c1ccc2c(c1)CC(F)(F)C2)C1=CC=CC1. The molecule has 0 fully saturated rings. The van der Waals surface area contributed by atoms with Gasteiger partial charge in [-0.2, -0.15) is 0 Å². The lowest BCUT2D eigenvalue weighted by Crippen LogP contribution is -2.14. The molecule has 0 unspecified atom stereocenters. The molecule has 2 aliphatic rings. The van der Waals surface area contributed by atoms with E-state index in [0.29, 0.717) is 0 Å². The number of hydrogen-bond acceptors (Lipinski definition) is 0. The number of alkyl halides is 2. The van der Waals surface area contributed by atoms with E-state index in [4.69, 9.17) is 0 Å². The van der Waals surface area contributed by atoms with Crippen LogP contribution >= 0.6 is 0 Å². The van der Waals surface area contributed by atoms with Gasteiger partial charge in [0.1, 0.15) is 0 Å². The van der Waals surface area contributed by atoms with E-state index in [2.05, 4.69) is 31.4 Å². The second-order valence-electron chi connectivity index (χ2n) is 6.22. The Hall–Kier alpha value is -1.96. The maximum Gasteiger partial charge on any atom is 0.256 e. The van der Waals surface area contributed by atoms with Crippen molar-refractivity contribution < 1.29 is 8.78 Å². The monoisotopic (exact) mass is 298 g/mol. The van der Waals surface area contributed by atoms with Crippen molar-refractivity contribution in [3.8, 4) is 0 Å².